The average molecular weight is 375 g/mol. The van der Waals surface area contributed by atoms with Crippen LogP contribution in [0.15, 0.2) is 53.4 Å². The number of halogens is 1. The van der Waals surface area contributed by atoms with Crippen LogP contribution >= 0.6 is 23.4 Å². The maximum absolute atomic E-state index is 12.5. The quantitative estimate of drug-likeness (QED) is 0.864. The number of anilines is 1. The SMILES string of the molecule is O=C(CCC(=O)N1CCSc2ccccc21)NCc1ccccc1Cl. The fourth-order valence-corrected chi connectivity index (χ4v) is 3.91. The molecular formula is C19H19ClN2O2S. The number of benzene rings is 2. The number of rotatable bonds is 5. The molecule has 0 atom stereocenters. The van der Waals surface area contributed by atoms with Crippen molar-refractivity contribution in [3.63, 3.8) is 0 Å². The number of thioether (sulfide) groups is 1. The van der Waals surface area contributed by atoms with E-state index in [1.54, 1.807) is 22.7 Å². The highest BCUT2D eigenvalue weighted by Gasteiger charge is 2.22. The molecule has 4 nitrogen and oxygen atoms in total. The molecule has 1 heterocycles. The third-order valence-corrected chi connectivity index (χ3v) is 5.44. The molecule has 1 aliphatic rings. The van der Waals surface area contributed by atoms with Crippen LogP contribution in [0, 0.1) is 0 Å². The zero-order valence-corrected chi connectivity index (χ0v) is 15.3. The van der Waals surface area contributed by atoms with Crippen LogP contribution in [0.1, 0.15) is 18.4 Å². The smallest absolute Gasteiger partial charge is 0.227 e. The third kappa shape index (κ3) is 4.55. The molecule has 0 bridgehead atoms. The molecule has 2 aromatic rings. The summed E-state index contributed by atoms with van der Waals surface area (Å²) >= 11 is 7.83. The largest absolute Gasteiger partial charge is 0.352 e. The van der Waals surface area contributed by atoms with Gasteiger partial charge in [-0.25, -0.2) is 0 Å². The number of carbonyl (C=O) groups is 2. The minimum atomic E-state index is -0.145. The van der Waals surface area contributed by atoms with Gasteiger partial charge >= 0.3 is 0 Å². The standard InChI is InChI=1S/C19H19ClN2O2S/c20-15-6-2-1-5-14(15)13-21-18(23)9-10-19(24)22-11-12-25-17-8-4-3-7-16(17)22/h1-8H,9-13H2,(H,21,23). The molecule has 1 N–H and O–H groups in total. The molecule has 0 aliphatic carbocycles. The Hall–Kier alpha value is -1.98. The molecule has 0 saturated carbocycles. The van der Waals surface area contributed by atoms with Gasteiger partial charge in [-0.2, -0.15) is 0 Å². The zero-order valence-electron chi connectivity index (χ0n) is 13.7. The zero-order chi connectivity index (χ0) is 17.6. The van der Waals surface area contributed by atoms with Crippen LogP contribution in [-0.4, -0.2) is 24.1 Å². The van der Waals surface area contributed by atoms with Crippen molar-refractivity contribution in [3.05, 3.63) is 59.1 Å². The summed E-state index contributed by atoms with van der Waals surface area (Å²) < 4.78 is 0. The van der Waals surface area contributed by atoms with Gasteiger partial charge in [0.25, 0.3) is 0 Å². The minimum absolute atomic E-state index is 0.0133. The maximum Gasteiger partial charge on any atom is 0.227 e. The molecule has 6 heteroatoms. The van der Waals surface area contributed by atoms with E-state index < -0.39 is 0 Å². The van der Waals surface area contributed by atoms with Crippen molar-refractivity contribution in [2.24, 2.45) is 0 Å². The van der Waals surface area contributed by atoms with Gasteiger partial charge < -0.3 is 10.2 Å². The number of hydrogen-bond donors (Lipinski definition) is 1. The highest BCUT2D eigenvalue weighted by Crippen LogP contribution is 2.34. The Balaban J connectivity index is 1.51. The van der Waals surface area contributed by atoms with E-state index in [9.17, 15) is 9.59 Å². The van der Waals surface area contributed by atoms with Crippen LogP contribution < -0.4 is 10.2 Å². The van der Waals surface area contributed by atoms with Gasteiger partial charge in [-0.15, -0.1) is 11.8 Å². The van der Waals surface area contributed by atoms with E-state index >= 15 is 0 Å². The first kappa shape index (κ1) is 17.8. The summed E-state index contributed by atoms with van der Waals surface area (Å²) in [5, 5.41) is 3.45. The normalized spacial score (nSPS) is 13.2. The number of hydrogen-bond acceptors (Lipinski definition) is 3. The van der Waals surface area contributed by atoms with Gasteiger partial charge in [0.05, 0.1) is 5.69 Å². The first-order valence-corrected chi connectivity index (χ1v) is 9.54. The van der Waals surface area contributed by atoms with Crippen molar-refractivity contribution in [2.45, 2.75) is 24.3 Å². The van der Waals surface area contributed by atoms with Gasteiger partial charge in [0.15, 0.2) is 0 Å². The lowest BCUT2D eigenvalue weighted by Crippen LogP contribution is -2.36. The molecule has 25 heavy (non-hydrogen) atoms. The van der Waals surface area contributed by atoms with Crippen LogP contribution in [0.2, 0.25) is 5.02 Å². The lowest BCUT2D eigenvalue weighted by molar-refractivity contribution is -0.125. The molecule has 0 radical (unpaired) electrons. The van der Waals surface area contributed by atoms with Crippen molar-refractivity contribution >= 4 is 40.9 Å². The topological polar surface area (TPSA) is 49.4 Å². The van der Waals surface area contributed by atoms with Crippen molar-refractivity contribution in [1.29, 1.82) is 0 Å². The number of fused-ring (bicyclic) bond motifs is 1. The lowest BCUT2D eigenvalue weighted by atomic mass is 10.2. The molecule has 2 amide bonds. The van der Waals surface area contributed by atoms with E-state index in [-0.39, 0.29) is 24.7 Å². The van der Waals surface area contributed by atoms with E-state index in [2.05, 4.69) is 5.32 Å². The van der Waals surface area contributed by atoms with Gasteiger partial charge in [0, 0.05) is 41.6 Å². The second kappa shape index (κ2) is 8.41. The Bertz CT molecular complexity index is 782. The molecule has 3 rings (SSSR count). The van der Waals surface area contributed by atoms with Gasteiger partial charge in [-0.1, -0.05) is 41.9 Å². The van der Waals surface area contributed by atoms with E-state index in [0.717, 1.165) is 21.9 Å². The molecule has 0 fully saturated rings. The minimum Gasteiger partial charge on any atom is -0.352 e. The molecule has 2 aromatic carbocycles. The predicted octanol–water partition coefficient (Wildman–Crippen LogP) is 3.88. The van der Waals surface area contributed by atoms with Crippen molar-refractivity contribution in [1.82, 2.24) is 5.32 Å². The number of nitrogens with zero attached hydrogens (tertiary/aromatic N) is 1. The predicted molar refractivity (Wildman–Crippen MR) is 102 cm³/mol. The Morgan fingerprint density at radius 3 is 2.68 bits per heavy atom. The van der Waals surface area contributed by atoms with E-state index in [1.807, 2.05) is 42.5 Å². The molecule has 1 aliphatic heterocycles. The summed E-state index contributed by atoms with van der Waals surface area (Å²) in [6.07, 6.45) is 0.377. The van der Waals surface area contributed by atoms with E-state index in [4.69, 9.17) is 11.6 Å². The third-order valence-electron chi connectivity index (χ3n) is 4.03. The van der Waals surface area contributed by atoms with Crippen molar-refractivity contribution in [3.8, 4) is 0 Å². The van der Waals surface area contributed by atoms with Crippen molar-refractivity contribution in [2.75, 3.05) is 17.2 Å². The summed E-state index contributed by atoms with van der Waals surface area (Å²) in [5.41, 5.74) is 1.81. The van der Waals surface area contributed by atoms with E-state index in [1.165, 1.54) is 0 Å². The molecule has 0 aromatic heterocycles. The van der Waals surface area contributed by atoms with Gasteiger partial charge in [-0.3, -0.25) is 9.59 Å². The molecule has 130 valence electrons. The summed E-state index contributed by atoms with van der Waals surface area (Å²) in [7, 11) is 0. The summed E-state index contributed by atoms with van der Waals surface area (Å²) in [6.45, 7) is 1.05. The number of amides is 2. The van der Waals surface area contributed by atoms with Crippen LogP contribution in [0.3, 0.4) is 0 Å². The molecule has 0 saturated heterocycles. The lowest BCUT2D eigenvalue weighted by Gasteiger charge is -2.29. The van der Waals surface area contributed by atoms with Gasteiger partial charge in [0.1, 0.15) is 0 Å². The van der Waals surface area contributed by atoms with E-state index in [0.29, 0.717) is 18.1 Å². The number of para-hydroxylation sites is 1. The Kier molecular flexibility index (Phi) is 6.00. The second-order valence-corrected chi connectivity index (χ2v) is 7.27. The fourth-order valence-electron chi connectivity index (χ4n) is 2.71. The first-order valence-electron chi connectivity index (χ1n) is 8.17. The van der Waals surface area contributed by atoms with Crippen molar-refractivity contribution < 1.29 is 9.59 Å². The number of nitrogens with one attached hydrogen (secondary N) is 1. The highest BCUT2D eigenvalue weighted by atomic mass is 35.5. The van der Waals surface area contributed by atoms with Crippen LogP contribution in [-0.2, 0) is 16.1 Å². The average Bonchev–Trinajstić information content (AvgIpc) is 2.65. The molecular weight excluding hydrogens is 356 g/mol. The maximum atomic E-state index is 12.5. The molecule has 0 unspecified atom stereocenters. The Labute approximate surface area is 156 Å². The fraction of sp³-hybridized carbons (Fsp3) is 0.263. The van der Waals surface area contributed by atoms with Crippen LogP contribution in [0.5, 0.6) is 0 Å². The second-order valence-electron chi connectivity index (χ2n) is 5.73. The Morgan fingerprint density at radius 1 is 1.08 bits per heavy atom. The first-order chi connectivity index (χ1) is 12.1. The van der Waals surface area contributed by atoms with Crippen LogP contribution in [0.25, 0.3) is 0 Å². The van der Waals surface area contributed by atoms with Gasteiger partial charge in [-0.05, 0) is 23.8 Å². The molecule has 0 spiro atoms. The monoisotopic (exact) mass is 374 g/mol. The van der Waals surface area contributed by atoms with Crippen LogP contribution in [0.4, 0.5) is 5.69 Å². The Morgan fingerprint density at radius 2 is 1.84 bits per heavy atom. The number of carbonyl (C=O) groups excluding carboxylic acids is 2. The summed E-state index contributed by atoms with van der Waals surface area (Å²) in [4.78, 5) is 27.4. The highest BCUT2D eigenvalue weighted by molar-refractivity contribution is 7.99. The van der Waals surface area contributed by atoms with Gasteiger partial charge in [0.2, 0.25) is 11.8 Å². The summed E-state index contributed by atoms with van der Waals surface area (Å²) in [5.74, 6) is 0.718. The summed E-state index contributed by atoms with van der Waals surface area (Å²) in [6, 6.07) is 15.3.